The SMILES string of the molecule is CCOC(=O)c1cc(S(=O)(=O)Cl)cn1C(C)C. The molecule has 96 valence electrons. The van der Waals surface area contributed by atoms with E-state index >= 15 is 0 Å². The lowest BCUT2D eigenvalue weighted by Gasteiger charge is -2.11. The van der Waals surface area contributed by atoms with E-state index in [0.717, 1.165) is 0 Å². The van der Waals surface area contributed by atoms with Crippen molar-refractivity contribution in [1.29, 1.82) is 0 Å². The van der Waals surface area contributed by atoms with Crippen molar-refractivity contribution in [2.24, 2.45) is 0 Å². The van der Waals surface area contributed by atoms with Gasteiger partial charge in [-0.25, -0.2) is 13.2 Å². The zero-order valence-electron chi connectivity index (χ0n) is 9.81. The lowest BCUT2D eigenvalue weighted by atomic mass is 10.3. The Labute approximate surface area is 105 Å². The zero-order valence-corrected chi connectivity index (χ0v) is 11.4. The number of nitrogens with zero attached hydrogens (tertiary/aromatic N) is 1. The number of esters is 1. The maximum atomic E-state index is 11.6. The van der Waals surface area contributed by atoms with Crippen molar-refractivity contribution >= 4 is 25.7 Å². The molecule has 0 bridgehead atoms. The van der Waals surface area contributed by atoms with E-state index in [0.29, 0.717) is 0 Å². The summed E-state index contributed by atoms with van der Waals surface area (Å²) in [5.74, 6) is -0.562. The van der Waals surface area contributed by atoms with Gasteiger partial charge in [-0.2, -0.15) is 0 Å². The highest BCUT2D eigenvalue weighted by molar-refractivity contribution is 8.13. The van der Waals surface area contributed by atoms with Gasteiger partial charge in [0.2, 0.25) is 0 Å². The summed E-state index contributed by atoms with van der Waals surface area (Å²) in [5, 5.41) is 0. The molecule has 1 aromatic rings. The predicted molar refractivity (Wildman–Crippen MR) is 63.8 cm³/mol. The van der Waals surface area contributed by atoms with Crippen LogP contribution in [0.1, 0.15) is 37.3 Å². The van der Waals surface area contributed by atoms with Crippen LogP contribution in [0.15, 0.2) is 17.2 Å². The summed E-state index contributed by atoms with van der Waals surface area (Å²) in [6, 6.07) is 1.15. The van der Waals surface area contributed by atoms with E-state index in [9.17, 15) is 13.2 Å². The molecule has 0 spiro atoms. The molecule has 0 unspecified atom stereocenters. The first-order valence-electron chi connectivity index (χ1n) is 5.11. The molecule has 1 heterocycles. The molecule has 0 aliphatic rings. The van der Waals surface area contributed by atoms with Crippen molar-refractivity contribution in [3.05, 3.63) is 18.0 Å². The number of hydrogen-bond donors (Lipinski definition) is 0. The Bertz CT molecular complexity index is 518. The van der Waals surface area contributed by atoms with Gasteiger partial charge in [-0.15, -0.1) is 0 Å². The maximum absolute atomic E-state index is 11.6. The smallest absolute Gasteiger partial charge is 0.354 e. The van der Waals surface area contributed by atoms with Crippen LogP contribution < -0.4 is 0 Å². The second-order valence-corrected chi connectivity index (χ2v) is 6.29. The number of carbonyl (C=O) groups is 1. The fourth-order valence-electron chi connectivity index (χ4n) is 1.38. The van der Waals surface area contributed by atoms with Crippen molar-refractivity contribution < 1.29 is 17.9 Å². The lowest BCUT2D eigenvalue weighted by molar-refractivity contribution is 0.0512. The molecule has 17 heavy (non-hydrogen) atoms. The first kappa shape index (κ1) is 14.1. The van der Waals surface area contributed by atoms with E-state index in [4.69, 9.17) is 15.4 Å². The van der Waals surface area contributed by atoms with E-state index in [1.165, 1.54) is 16.8 Å². The van der Waals surface area contributed by atoms with E-state index in [1.807, 2.05) is 13.8 Å². The molecule has 5 nitrogen and oxygen atoms in total. The molecule has 0 radical (unpaired) electrons. The van der Waals surface area contributed by atoms with Crippen LogP contribution in [0.2, 0.25) is 0 Å². The Morgan fingerprint density at radius 3 is 2.53 bits per heavy atom. The summed E-state index contributed by atoms with van der Waals surface area (Å²) in [6.45, 7) is 5.56. The van der Waals surface area contributed by atoms with Crippen molar-refractivity contribution in [3.63, 3.8) is 0 Å². The minimum atomic E-state index is -3.84. The molecular formula is C10H14ClNO4S. The molecule has 0 saturated heterocycles. The van der Waals surface area contributed by atoms with E-state index in [2.05, 4.69) is 0 Å². The molecule has 0 amide bonds. The summed E-state index contributed by atoms with van der Waals surface area (Å²) < 4.78 is 28.8. The topological polar surface area (TPSA) is 65.4 Å². The molecule has 0 aliphatic heterocycles. The fourth-order valence-corrected chi connectivity index (χ4v) is 2.13. The number of halogens is 1. The average Bonchev–Trinajstić information content (AvgIpc) is 2.61. The number of ether oxygens (including phenoxy) is 1. The molecule has 1 aromatic heterocycles. The largest absolute Gasteiger partial charge is 0.461 e. The second-order valence-electron chi connectivity index (χ2n) is 3.72. The summed E-state index contributed by atoms with van der Waals surface area (Å²) in [4.78, 5) is 11.5. The standard InChI is InChI=1S/C10H14ClNO4S/c1-4-16-10(13)9-5-8(17(11,14)15)6-12(9)7(2)3/h5-7H,4H2,1-3H3. The first-order valence-corrected chi connectivity index (χ1v) is 7.42. The van der Waals surface area contributed by atoms with Crippen molar-refractivity contribution in [3.8, 4) is 0 Å². The van der Waals surface area contributed by atoms with Crippen LogP contribution in [-0.2, 0) is 13.8 Å². The van der Waals surface area contributed by atoms with Gasteiger partial charge >= 0.3 is 5.97 Å². The molecule has 0 N–H and O–H groups in total. The van der Waals surface area contributed by atoms with Crippen LogP contribution in [0, 0.1) is 0 Å². The van der Waals surface area contributed by atoms with E-state index in [1.54, 1.807) is 6.92 Å². The Hall–Kier alpha value is -1.01. The van der Waals surface area contributed by atoms with Crippen LogP contribution in [0.25, 0.3) is 0 Å². The third kappa shape index (κ3) is 3.23. The number of aromatic nitrogens is 1. The first-order chi connectivity index (χ1) is 7.77. The summed E-state index contributed by atoms with van der Waals surface area (Å²) in [6.07, 6.45) is 1.33. The second kappa shape index (κ2) is 5.10. The fraction of sp³-hybridized carbons (Fsp3) is 0.500. The quantitative estimate of drug-likeness (QED) is 0.626. The van der Waals surface area contributed by atoms with E-state index in [-0.39, 0.29) is 23.2 Å². The summed E-state index contributed by atoms with van der Waals surface area (Å²) >= 11 is 0. The molecule has 0 saturated carbocycles. The van der Waals surface area contributed by atoms with Gasteiger partial charge < -0.3 is 9.30 Å². The average molecular weight is 280 g/mol. The molecule has 0 fully saturated rings. The van der Waals surface area contributed by atoms with Gasteiger partial charge in [0.15, 0.2) is 0 Å². The van der Waals surface area contributed by atoms with Crippen LogP contribution in [0.5, 0.6) is 0 Å². The maximum Gasteiger partial charge on any atom is 0.354 e. The van der Waals surface area contributed by atoms with Crippen LogP contribution in [-0.4, -0.2) is 25.6 Å². The van der Waals surface area contributed by atoms with Crippen LogP contribution in [0.3, 0.4) is 0 Å². The highest BCUT2D eigenvalue weighted by Gasteiger charge is 2.21. The molecule has 0 atom stereocenters. The Morgan fingerprint density at radius 1 is 1.53 bits per heavy atom. The van der Waals surface area contributed by atoms with E-state index < -0.39 is 15.0 Å². The molecular weight excluding hydrogens is 266 g/mol. The van der Waals surface area contributed by atoms with Gasteiger partial charge in [0.25, 0.3) is 9.05 Å². The van der Waals surface area contributed by atoms with Gasteiger partial charge in [0.05, 0.1) is 6.61 Å². The summed E-state index contributed by atoms with van der Waals surface area (Å²) in [7, 11) is 1.39. The Morgan fingerprint density at radius 2 is 2.12 bits per heavy atom. The number of rotatable bonds is 4. The molecule has 0 aliphatic carbocycles. The van der Waals surface area contributed by atoms with Crippen LogP contribution >= 0.6 is 10.7 Å². The predicted octanol–water partition coefficient (Wildman–Crippen LogP) is 2.17. The normalized spacial score (nSPS) is 11.8. The molecule has 1 rings (SSSR count). The zero-order chi connectivity index (χ0) is 13.2. The van der Waals surface area contributed by atoms with Gasteiger partial charge in [-0.1, -0.05) is 0 Å². The third-order valence-electron chi connectivity index (χ3n) is 2.15. The van der Waals surface area contributed by atoms with Crippen molar-refractivity contribution in [2.75, 3.05) is 6.61 Å². The Kier molecular flexibility index (Phi) is 4.21. The third-order valence-corrected chi connectivity index (χ3v) is 3.47. The molecule has 0 aromatic carbocycles. The van der Waals surface area contributed by atoms with Gasteiger partial charge in [0, 0.05) is 22.9 Å². The van der Waals surface area contributed by atoms with Gasteiger partial charge in [-0.3, -0.25) is 0 Å². The monoisotopic (exact) mass is 279 g/mol. The molecule has 7 heteroatoms. The van der Waals surface area contributed by atoms with Crippen LogP contribution in [0.4, 0.5) is 0 Å². The van der Waals surface area contributed by atoms with Crippen molar-refractivity contribution in [2.45, 2.75) is 31.7 Å². The van der Waals surface area contributed by atoms with Gasteiger partial charge in [-0.05, 0) is 26.8 Å². The minimum absolute atomic E-state index is 0.0680. The highest BCUT2D eigenvalue weighted by atomic mass is 35.7. The lowest BCUT2D eigenvalue weighted by Crippen LogP contribution is -2.12. The van der Waals surface area contributed by atoms with Gasteiger partial charge in [0.1, 0.15) is 10.6 Å². The number of carbonyl (C=O) groups excluding carboxylic acids is 1. The van der Waals surface area contributed by atoms with Crippen molar-refractivity contribution in [1.82, 2.24) is 4.57 Å². The highest BCUT2D eigenvalue weighted by Crippen LogP contribution is 2.22. The number of hydrogen-bond acceptors (Lipinski definition) is 4. The Balaban J connectivity index is 3.29. The summed E-state index contributed by atoms with van der Waals surface area (Å²) in [5.41, 5.74) is 0.182. The minimum Gasteiger partial charge on any atom is -0.461 e.